The van der Waals surface area contributed by atoms with Gasteiger partial charge in [-0.1, -0.05) is 6.07 Å². The van der Waals surface area contributed by atoms with E-state index in [0.717, 1.165) is 32.7 Å². The third-order valence-corrected chi connectivity index (χ3v) is 3.84. The predicted molar refractivity (Wildman–Crippen MR) is 79.1 cm³/mol. The van der Waals surface area contributed by atoms with Gasteiger partial charge in [-0.25, -0.2) is 0 Å². The number of amides is 1. The van der Waals surface area contributed by atoms with Crippen molar-refractivity contribution in [2.75, 3.05) is 46.3 Å². The van der Waals surface area contributed by atoms with Crippen molar-refractivity contribution in [3.8, 4) is 5.75 Å². The summed E-state index contributed by atoms with van der Waals surface area (Å²) < 4.78 is 0. The van der Waals surface area contributed by atoms with Gasteiger partial charge in [0.05, 0.1) is 0 Å². The topological polar surface area (TPSA) is 55.8 Å². The number of carbonyl (C=O) groups is 1. The number of nitrogens with one attached hydrogen (secondary N) is 1. The average molecular weight is 277 g/mol. The Kier molecular flexibility index (Phi) is 4.98. The molecule has 1 aliphatic rings. The molecule has 5 nitrogen and oxygen atoms in total. The fourth-order valence-corrected chi connectivity index (χ4v) is 2.39. The highest BCUT2D eigenvalue weighted by Crippen LogP contribution is 2.20. The highest BCUT2D eigenvalue weighted by atomic mass is 16.3. The van der Waals surface area contributed by atoms with Crippen molar-refractivity contribution in [1.82, 2.24) is 15.1 Å². The predicted octanol–water partition coefficient (Wildman–Crippen LogP) is 0.678. The lowest BCUT2D eigenvalue weighted by Crippen LogP contribution is -2.46. The molecule has 0 atom stereocenters. The number of piperazine rings is 1. The van der Waals surface area contributed by atoms with Crippen molar-refractivity contribution in [2.45, 2.75) is 6.92 Å². The number of phenolic OH excluding ortho intramolecular Hbond substituents is 1. The number of rotatable bonds is 4. The Morgan fingerprint density at radius 3 is 2.80 bits per heavy atom. The average Bonchev–Trinajstić information content (AvgIpc) is 2.48. The summed E-state index contributed by atoms with van der Waals surface area (Å²) in [5.41, 5.74) is 1.22. The van der Waals surface area contributed by atoms with E-state index in [-0.39, 0.29) is 11.7 Å². The number of carbonyl (C=O) groups excluding carboxylic acids is 1. The molecule has 2 rings (SSSR count). The second-order valence-corrected chi connectivity index (χ2v) is 5.27. The zero-order valence-electron chi connectivity index (χ0n) is 12.2. The number of likely N-dealkylation sites (N-methyl/N-ethyl adjacent to an activating group) is 1. The molecule has 0 radical (unpaired) electrons. The number of aromatic hydroxyl groups is 1. The van der Waals surface area contributed by atoms with Crippen LogP contribution in [0.3, 0.4) is 0 Å². The minimum atomic E-state index is -0.0338. The summed E-state index contributed by atoms with van der Waals surface area (Å²) >= 11 is 0. The lowest BCUT2D eigenvalue weighted by Gasteiger charge is -2.29. The molecule has 1 aromatic rings. The molecule has 20 heavy (non-hydrogen) atoms. The molecule has 0 unspecified atom stereocenters. The lowest BCUT2D eigenvalue weighted by molar-refractivity contribution is 0.0773. The largest absolute Gasteiger partial charge is 0.508 e. The van der Waals surface area contributed by atoms with E-state index in [9.17, 15) is 9.90 Å². The van der Waals surface area contributed by atoms with Crippen molar-refractivity contribution < 1.29 is 9.90 Å². The molecular weight excluding hydrogens is 254 g/mol. The molecular formula is C15H23N3O2. The fraction of sp³-hybridized carbons (Fsp3) is 0.533. The van der Waals surface area contributed by atoms with Crippen LogP contribution in [0.15, 0.2) is 18.2 Å². The molecule has 110 valence electrons. The molecule has 1 saturated heterocycles. The maximum Gasteiger partial charge on any atom is 0.254 e. The molecule has 0 spiro atoms. The molecule has 0 aliphatic carbocycles. The van der Waals surface area contributed by atoms with E-state index in [1.54, 1.807) is 30.0 Å². The van der Waals surface area contributed by atoms with Crippen molar-refractivity contribution >= 4 is 5.91 Å². The normalized spacial score (nSPS) is 16.1. The smallest absolute Gasteiger partial charge is 0.254 e. The van der Waals surface area contributed by atoms with E-state index in [1.165, 1.54) is 0 Å². The molecule has 0 bridgehead atoms. The first-order valence-corrected chi connectivity index (χ1v) is 7.06. The van der Waals surface area contributed by atoms with Gasteiger partial charge in [0, 0.05) is 57.4 Å². The Labute approximate surface area is 120 Å². The highest BCUT2D eigenvalue weighted by Gasteiger charge is 2.17. The zero-order valence-corrected chi connectivity index (χ0v) is 12.2. The van der Waals surface area contributed by atoms with E-state index in [4.69, 9.17) is 0 Å². The van der Waals surface area contributed by atoms with Crippen LogP contribution < -0.4 is 5.32 Å². The van der Waals surface area contributed by atoms with Gasteiger partial charge in [-0.15, -0.1) is 0 Å². The lowest BCUT2D eigenvalue weighted by atomic mass is 10.1. The van der Waals surface area contributed by atoms with Crippen LogP contribution in [0.1, 0.15) is 15.9 Å². The Morgan fingerprint density at radius 2 is 2.10 bits per heavy atom. The quantitative estimate of drug-likeness (QED) is 0.850. The van der Waals surface area contributed by atoms with Crippen LogP contribution in [0.2, 0.25) is 0 Å². The molecule has 5 heteroatoms. The van der Waals surface area contributed by atoms with Crippen LogP contribution in [0.4, 0.5) is 0 Å². The molecule has 1 amide bonds. The van der Waals surface area contributed by atoms with E-state index < -0.39 is 0 Å². The van der Waals surface area contributed by atoms with Gasteiger partial charge in [0.1, 0.15) is 5.75 Å². The third-order valence-electron chi connectivity index (χ3n) is 3.84. The minimum Gasteiger partial charge on any atom is -0.508 e. The highest BCUT2D eigenvalue weighted by molar-refractivity contribution is 5.96. The maximum absolute atomic E-state index is 12.4. The van der Waals surface area contributed by atoms with Gasteiger partial charge in [-0.3, -0.25) is 9.69 Å². The van der Waals surface area contributed by atoms with Crippen LogP contribution in [-0.2, 0) is 0 Å². The van der Waals surface area contributed by atoms with Gasteiger partial charge in [0.2, 0.25) is 0 Å². The number of hydrogen-bond acceptors (Lipinski definition) is 4. The Hall–Kier alpha value is -1.59. The molecule has 0 saturated carbocycles. The van der Waals surface area contributed by atoms with Gasteiger partial charge in [0.15, 0.2) is 0 Å². The Bertz CT molecular complexity index is 470. The molecule has 1 aromatic carbocycles. The van der Waals surface area contributed by atoms with Gasteiger partial charge in [-0.2, -0.15) is 0 Å². The van der Waals surface area contributed by atoms with E-state index in [0.29, 0.717) is 17.7 Å². The monoisotopic (exact) mass is 277 g/mol. The summed E-state index contributed by atoms with van der Waals surface area (Å²) in [6.45, 7) is 7.47. The number of hydrogen-bond donors (Lipinski definition) is 2. The number of benzene rings is 1. The molecule has 2 N–H and O–H groups in total. The van der Waals surface area contributed by atoms with Crippen LogP contribution in [0.25, 0.3) is 0 Å². The van der Waals surface area contributed by atoms with Gasteiger partial charge < -0.3 is 15.3 Å². The first-order chi connectivity index (χ1) is 9.59. The Morgan fingerprint density at radius 1 is 1.40 bits per heavy atom. The molecule has 0 aromatic heterocycles. The van der Waals surface area contributed by atoms with Crippen molar-refractivity contribution in [3.63, 3.8) is 0 Å². The minimum absolute atomic E-state index is 0.0338. The first kappa shape index (κ1) is 14.8. The van der Waals surface area contributed by atoms with E-state index in [2.05, 4.69) is 10.2 Å². The van der Waals surface area contributed by atoms with E-state index in [1.807, 2.05) is 7.05 Å². The van der Waals surface area contributed by atoms with Crippen molar-refractivity contribution in [3.05, 3.63) is 29.3 Å². The van der Waals surface area contributed by atoms with Gasteiger partial charge >= 0.3 is 0 Å². The summed E-state index contributed by atoms with van der Waals surface area (Å²) in [7, 11) is 1.81. The summed E-state index contributed by atoms with van der Waals surface area (Å²) in [4.78, 5) is 16.5. The van der Waals surface area contributed by atoms with Gasteiger partial charge in [-0.05, 0) is 19.1 Å². The Balaban J connectivity index is 1.92. The van der Waals surface area contributed by atoms with Gasteiger partial charge in [0.25, 0.3) is 5.91 Å². The maximum atomic E-state index is 12.4. The zero-order chi connectivity index (χ0) is 14.5. The molecule has 1 aliphatic heterocycles. The standard InChI is InChI=1S/C15H23N3O2/c1-12-13(4-3-5-14(12)19)15(20)17(2)10-11-18-8-6-16-7-9-18/h3-5,16,19H,6-11H2,1-2H3. The first-order valence-electron chi connectivity index (χ1n) is 7.06. The van der Waals surface area contributed by atoms with Crippen molar-refractivity contribution in [2.24, 2.45) is 0 Å². The van der Waals surface area contributed by atoms with E-state index >= 15 is 0 Å². The van der Waals surface area contributed by atoms with Crippen LogP contribution >= 0.6 is 0 Å². The summed E-state index contributed by atoms with van der Waals surface area (Å²) in [6, 6.07) is 5.07. The van der Waals surface area contributed by atoms with Crippen LogP contribution in [0, 0.1) is 6.92 Å². The summed E-state index contributed by atoms with van der Waals surface area (Å²) in [6.07, 6.45) is 0. The summed E-state index contributed by atoms with van der Waals surface area (Å²) in [5.74, 6) is 0.139. The second kappa shape index (κ2) is 6.72. The molecule has 1 heterocycles. The number of phenols is 1. The fourth-order valence-electron chi connectivity index (χ4n) is 2.39. The SMILES string of the molecule is Cc1c(O)cccc1C(=O)N(C)CCN1CCNCC1. The second-order valence-electron chi connectivity index (χ2n) is 5.27. The number of nitrogens with zero attached hydrogens (tertiary/aromatic N) is 2. The summed E-state index contributed by atoms with van der Waals surface area (Å²) in [5, 5.41) is 13.0. The third kappa shape index (κ3) is 3.49. The van der Waals surface area contributed by atoms with Crippen LogP contribution in [-0.4, -0.2) is 67.1 Å². The van der Waals surface area contributed by atoms with Crippen molar-refractivity contribution in [1.29, 1.82) is 0 Å². The van der Waals surface area contributed by atoms with Crippen LogP contribution in [0.5, 0.6) is 5.75 Å². The molecule has 1 fully saturated rings.